The summed E-state index contributed by atoms with van der Waals surface area (Å²) >= 11 is 2.92. The molecule has 0 saturated heterocycles. The summed E-state index contributed by atoms with van der Waals surface area (Å²) in [5.74, 6) is -1.51. The van der Waals surface area contributed by atoms with Crippen molar-refractivity contribution in [2.75, 3.05) is 0 Å². The fraction of sp³-hybridized carbons (Fsp3) is 0.357. The number of aliphatic carboxylic acids is 1. The number of carboxylic acids is 1. The highest BCUT2D eigenvalue weighted by Gasteiger charge is 2.33. The third-order valence-corrected chi connectivity index (χ3v) is 4.74. The van der Waals surface area contributed by atoms with Crippen molar-refractivity contribution in [2.45, 2.75) is 26.8 Å². The standard InChI is InChI=1S/C14H16N2O3S2/c1-14(2,3)10(13(18)19)16-11(17)8-7-21-12(15-8)9-5-4-6-20-9/h4-7,10H,1-3H3,(H,16,17)(H,18,19)/t10-/m0/s1. The van der Waals surface area contributed by atoms with Gasteiger partial charge in [0, 0.05) is 5.38 Å². The van der Waals surface area contributed by atoms with Gasteiger partial charge in [-0.1, -0.05) is 26.8 Å². The van der Waals surface area contributed by atoms with E-state index in [0.717, 1.165) is 9.88 Å². The van der Waals surface area contributed by atoms with Gasteiger partial charge in [0.25, 0.3) is 5.91 Å². The molecule has 1 atom stereocenters. The molecule has 2 aromatic heterocycles. The van der Waals surface area contributed by atoms with Gasteiger partial charge in [-0.05, 0) is 16.9 Å². The van der Waals surface area contributed by atoms with Gasteiger partial charge in [0.1, 0.15) is 16.7 Å². The Morgan fingerprint density at radius 3 is 2.57 bits per heavy atom. The number of nitrogens with one attached hydrogen (secondary N) is 1. The molecule has 0 spiro atoms. The quantitative estimate of drug-likeness (QED) is 0.905. The van der Waals surface area contributed by atoms with Gasteiger partial charge in [0.15, 0.2) is 0 Å². The van der Waals surface area contributed by atoms with Crippen LogP contribution in [0.4, 0.5) is 0 Å². The van der Waals surface area contributed by atoms with Gasteiger partial charge in [-0.2, -0.15) is 0 Å². The number of rotatable bonds is 4. The lowest BCUT2D eigenvalue weighted by atomic mass is 9.87. The average molecular weight is 324 g/mol. The van der Waals surface area contributed by atoms with Gasteiger partial charge in [-0.15, -0.1) is 22.7 Å². The first-order valence-corrected chi connectivity index (χ1v) is 8.08. The zero-order valence-electron chi connectivity index (χ0n) is 11.9. The molecule has 7 heteroatoms. The number of thiazole rings is 1. The van der Waals surface area contributed by atoms with Crippen LogP contribution in [0.5, 0.6) is 0 Å². The lowest BCUT2D eigenvalue weighted by molar-refractivity contribution is -0.142. The zero-order valence-corrected chi connectivity index (χ0v) is 13.5. The number of nitrogens with zero attached hydrogens (tertiary/aromatic N) is 1. The number of carboxylic acid groups (broad SMARTS) is 1. The molecule has 0 aliphatic rings. The van der Waals surface area contributed by atoms with E-state index in [1.165, 1.54) is 11.3 Å². The first kappa shape index (κ1) is 15.7. The van der Waals surface area contributed by atoms with E-state index < -0.39 is 23.3 Å². The largest absolute Gasteiger partial charge is 0.480 e. The maximum absolute atomic E-state index is 12.2. The smallest absolute Gasteiger partial charge is 0.326 e. The van der Waals surface area contributed by atoms with Crippen molar-refractivity contribution in [3.63, 3.8) is 0 Å². The molecule has 0 fully saturated rings. The predicted molar refractivity (Wildman–Crippen MR) is 83.8 cm³/mol. The molecular weight excluding hydrogens is 308 g/mol. The third-order valence-electron chi connectivity index (χ3n) is 2.86. The molecule has 2 heterocycles. The minimum Gasteiger partial charge on any atom is -0.480 e. The summed E-state index contributed by atoms with van der Waals surface area (Å²) in [5.41, 5.74) is -0.326. The molecular formula is C14H16N2O3S2. The highest BCUT2D eigenvalue weighted by molar-refractivity contribution is 7.20. The van der Waals surface area contributed by atoms with E-state index in [1.54, 1.807) is 37.5 Å². The number of aromatic nitrogens is 1. The van der Waals surface area contributed by atoms with Crippen molar-refractivity contribution in [3.05, 3.63) is 28.6 Å². The molecule has 2 N–H and O–H groups in total. The zero-order chi connectivity index (χ0) is 15.6. The fourth-order valence-electron chi connectivity index (χ4n) is 1.75. The topological polar surface area (TPSA) is 79.3 Å². The number of thiophene rings is 1. The summed E-state index contributed by atoms with van der Waals surface area (Å²) in [6.45, 7) is 5.30. The number of amides is 1. The first-order chi connectivity index (χ1) is 9.79. The van der Waals surface area contributed by atoms with Gasteiger partial charge in [0.2, 0.25) is 0 Å². The molecule has 0 aliphatic heterocycles. The van der Waals surface area contributed by atoms with Crippen LogP contribution in [-0.2, 0) is 4.79 Å². The van der Waals surface area contributed by atoms with Crippen molar-refractivity contribution in [2.24, 2.45) is 5.41 Å². The lowest BCUT2D eigenvalue weighted by Gasteiger charge is -2.27. The van der Waals surface area contributed by atoms with Crippen molar-refractivity contribution in [1.82, 2.24) is 10.3 Å². The highest BCUT2D eigenvalue weighted by Crippen LogP contribution is 2.28. The van der Waals surface area contributed by atoms with Crippen LogP contribution < -0.4 is 5.32 Å². The van der Waals surface area contributed by atoms with Crippen LogP contribution in [0.2, 0.25) is 0 Å². The average Bonchev–Trinajstić information content (AvgIpc) is 3.03. The molecule has 0 unspecified atom stereocenters. The van der Waals surface area contributed by atoms with E-state index in [0.29, 0.717) is 0 Å². The van der Waals surface area contributed by atoms with E-state index in [4.69, 9.17) is 0 Å². The number of hydrogen-bond acceptors (Lipinski definition) is 5. The molecule has 5 nitrogen and oxygen atoms in total. The molecule has 21 heavy (non-hydrogen) atoms. The predicted octanol–water partition coefficient (Wildman–Crippen LogP) is 3.10. The minimum atomic E-state index is -1.05. The van der Waals surface area contributed by atoms with Crippen LogP contribution in [0.1, 0.15) is 31.3 Å². The monoisotopic (exact) mass is 324 g/mol. The normalized spacial score (nSPS) is 12.9. The van der Waals surface area contributed by atoms with Crippen LogP contribution in [-0.4, -0.2) is 28.0 Å². The van der Waals surface area contributed by atoms with E-state index in [-0.39, 0.29) is 5.69 Å². The Hall–Kier alpha value is -1.73. The van der Waals surface area contributed by atoms with Crippen LogP contribution >= 0.6 is 22.7 Å². The number of carbonyl (C=O) groups excluding carboxylic acids is 1. The van der Waals surface area contributed by atoms with Crippen LogP contribution in [0.3, 0.4) is 0 Å². The first-order valence-electron chi connectivity index (χ1n) is 6.32. The van der Waals surface area contributed by atoms with Crippen molar-refractivity contribution < 1.29 is 14.7 Å². The molecule has 0 aromatic carbocycles. The van der Waals surface area contributed by atoms with E-state index in [1.807, 2.05) is 17.5 Å². The molecule has 112 valence electrons. The molecule has 1 amide bonds. The van der Waals surface area contributed by atoms with Gasteiger partial charge >= 0.3 is 5.97 Å². The maximum atomic E-state index is 12.2. The third kappa shape index (κ3) is 3.68. The Morgan fingerprint density at radius 2 is 2.05 bits per heavy atom. The maximum Gasteiger partial charge on any atom is 0.326 e. The second kappa shape index (κ2) is 5.95. The molecule has 0 bridgehead atoms. The molecule has 0 aliphatic carbocycles. The molecule has 2 aromatic rings. The van der Waals surface area contributed by atoms with Crippen LogP contribution in [0.25, 0.3) is 9.88 Å². The Morgan fingerprint density at radius 1 is 1.33 bits per heavy atom. The van der Waals surface area contributed by atoms with Gasteiger partial charge in [0.05, 0.1) is 4.88 Å². The van der Waals surface area contributed by atoms with E-state index >= 15 is 0 Å². The van der Waals surface area contributed by atoms with E-state index in [2.05, 4.69) is 10.3 Å². The Bertz CT molecular complexity index is 641. The van der Waals surface area contributed by atoms with Gasteiger partial charge < -0.3 is 10.4 Å². The lowest BCUT2D eigenvalue weighted by Crippen LogP contribution is -2.49. The van der Waals surface area contributed by atoms with Crippen molar-refractivity contribution in [1.29, 1.82) is 0 Å². The van der Waals surface area contributed by atoms with Gasteiger partial charge in [-0.3, -0.25) is 4.79 Å². The summed E-state index contributed by atoms with van der Waals surface area (Å²) < 4.78 is 0. The molecule has 0 radical (unpaired) electrons. The summed E-state index contributed by atoms with van der Waals surface area (Å²) in [5, 5.41) is 16.1. The highest BCUT2D eigenvalue weighted by atomic mass is 32.1. The molecule has 2 rings (SSSR count). The van der Waals surface area contributed by atoms with Crippen molar-refractivity contribution in [3.8, 4) is 9.88 Å². The Kier molecular flexibility index (Phi) is 4.43. The Balaban J connectivity index is 2.15. The molecule has 0 saturated carbocycles. The summed E-state index contributed by atoms with van der Waals surface area (Å²) in [6.07, 6.45) is 0. The minimum absolute atomic E-state index is 0.249. The van der Waals surface area contributed by atoms with Gasteiger partial charge in [-0.25, -0.2) is 9.78 Å². The second-order valence-corrected chi connectivity index (χ2v) is 7.43. The van der Waals surface area contributed by atoms with E-state index in [9.17, 15) is 14.7 Å². The number of carbonyl (C=O) groups is 2. The van der Waals surface area contributed by atoms with Crippen molar-refractivity contribution >= 4 is 34.6 Å². The second-order valence-electron chi connectivity index (χ2n) is 5.63. The van der Waals surface area contributed by atoms with Crippen LogP contribution in [0, 0.1) is 5.41 Å². The summed E-state index contributed by atoms with van der Waals surface area (Å²) in [7, 11) is 0. The SMILES string of the molecule is CC(C)(C)[C@@H](NC(=O)c1csc(-c2cccs2)n1)C(=O)O. The Labute approximate surface area is 130 Å². The fourth-order valence-corrected chi connectivity index (χ4v) is 3.36. The summed E-state index contributed by atoms with van der Waals surface area (Å²) in [6, 6.07) is 2.89. The number of hydrogen-bond donors (Lipinski definition) is 2. The van der Waals surface area contributed by atoms with Crippen LogP contribution in [0.15, 0.2) is 22.9 Å². The summed E-state index contributed by atoms with van der Waals surface area (Å²) in [4.78, 5) is 28.7.